The predicted molar refractivity (Wildman–Crippen MR) is 85.6 cm³/mol. The van der Waals surface area contributed by atoms with Crippen molar-refractivity contribution in [2.45, 2.75) is 56.9 Å². The van der Waals surface area contributed by atoms with Crippen LogP contribution in [0.5, 0.6) is 0 Å². The standard InChI is InChI=1S/C16H27N3S/c1-4-16(2,3)13-7-6-12(11-17)14(10-13)20-15-18-8-5-9-19-15/h5,8-9,12-14H,4,6-7,10-11,17H2,1-3H3. The van der Waals surface area contributed by atoms with E-state index in [4.69, 9.17) is 5.73 Å². The van der Waals surface area contributed by atoms with Crippen molar-refractivity contribution in [1.82, 2.24) is 9.97 Å². The number of rotatable bonds is 5. The van der Waals surface area contributed by atoms with Crippen LogP contribution in [0.2, 0.25) is 0 Å². The largest absolute Gasteiger partial charge is 0.330 e. The summed E-state index contributed by atoms with van der Waals surface area (Å²) in [4.78, 5) is 8.72. The van der Waals surface area contributed by atoms with Crippen LogP contribution in [0.3, 0.4) is 0 Å². The van der Waals surface area contributed by atoms with Crippen LogP contribution in [0.4, 0.5) is 0 Å². The Hall–Kier alpha value is -0.610. The molecule has 3 atom stereocenters. The summed E-state index contributed by atoms with van der Waals surface area (Å²) in [5.41, 5.74) is 6.41. The van der Waals surface area contributed by atoms with Gasteiger partial charge in [0, 0.05) is 17.6 Å². The van der Waals surface area contributed by atoms with Gasteiger partial charge in [-0.1, -0.05) is 39.0 Å². The van der Waals surface area contributed by atoms with Crippen LogP contribution in [-0.4, -0.2) is 21.8 Å². The molecule has 0 amide bonds. The van der Waals surface area contributed by atoms with E-state index in [2.05, 4.69) is 30.7 Å². The van der Waals surface area contributed by atoms with Crippen LogP contribution in [0.25, 0.3) is 0 Å². The summed E-state index contributed by atoms with van der Waals surface area (Å²) in [5, 5.41) is 1.46. The zero-order valence-electron chi connectivity index (χ0n) is 12.9. The zero-order chi connectivity index (χ0) is 14.6. The van der Waals surface area contributed by atoms with E-state index in [1.807, 2.05) is 30.2 Å². The molecule has 1 aromatic rings. The first-order chi connectivity index (χ1) is 9.56. The van der Waals surface area contributed by atoms with Gasteiger partial charge in [0.1, 0.15) is 0 Å². The van der Waals surface area contributed by atoms with Crippen molar-refractivity contribution in [3.05, 3.63) is 18.5 Å². The molecule has 20 heavy (non-hydrogen) atoms. The van der Waals surface area contributed by atoms with E-state index in [0.717, 1.165) is 17.6 Å². The predicted octanol–water partition coefficient (Wildman–Crippen LogP) is 3.75. The average molecular weight is 293 g/mol. The first-order valence-electron chi connectivity index (χ1n) is 7.70. The summed E-state index contributed by atoms with van der Waals surface area (Å²) in [6, 6.07) is 1.87. The maximum Gasteiger partial charge on any atom is 0.187 e. The maximum atomic E-state index is 5.98. The zero-order valence-corrected chi connectivity index (χ0v) is 13.7. The van der Waals surface area contributed by atoms with Gasteiger partial charge in [0.15, 0.2) is 5.16 Å². The molecule has 4 heteroatoms. The molecule has 3 nitrogen and oxygen atoms in total. The fourth-order valence-corrected chi connectivity index (χ4v) is 4.37. The van der Waals surface area contributed by atoms with Crippen LogP contribution >= 0.6 is 11.8 Å². The molecule has 2 N–H and O–H groups in total. The van der Waals surface area contributed by atoms with E-state index >= 15 is 0 Å². The number of nitrogens with zero attached hydrogens (tertiary/aromatic N) is 2. The highest BCUT2D eigenvalue weighted by atomic mass is 32.2. The van der Waals surface area contributed by atoms with Crippen molar-refractivity contribution in [2.75, 3.05) is 6.54 Å². The molecule has 0 radical (unpaired) electrons. The third kappa shape index (κ3) is 3.73. The maximum absolute atomic E-state index is 5.98. The fourth-order valence-electron chi connectivity index (χ4n) is 3.09. The molecule has 112 valence electrons. The number of aromatic nitrogens is 2. The minimum atomic E-state index is 0.427. The van der Waals surface area contributed by atoms with Gasteiger partial charge in [0.05, 0.1) is 0 Å². The van der Waals surface area contributed by atoms with E-state index in [9.17, 15) is 0 Å². The van der Waals surface area contributed by atoms with Crippen molar-refractivity contribution in [3.63, 3.8) is 0 Å². The molecule has 0 aromatic carbocycles. The van der Waals surface area contributed by atoms with E-state index in [-0.39, 0.29) is 0 Å². The molecule has 0 spiro atoms. The first kappa shape index (κ1) is 15.8. The van der Waals surface area contributed by atoms with Gasteiger partial charge in [-0.25, -0.2) is 9.97 Å². The van der Waals surface area contributed by atoms with Crippen molar-refractivity contribution < 1.29 is 0 Å². The van der Waals surface area contributed by atoms with E-state index in [1.165, 1.54) is 25.7 Å². The van der Waals surface area contributed by atoms with Crippen molar-refractivity contribution in [3.8, 4) is 0 Å². The van der Waals surface area contributed by atoms with Crippen LogP contribution < -0.4 is 5.73 Å². The van der Waals surface area contributed by atoms with E-state index < -0.39 is 0 Å². The van der Waals surface area contributed by atoms with Crippen molar-refractivity contribution in [1.29, 1.82) is 0 Å². The molecular weight excluding hydrogens is 266 g/mol. The summed E-state index contributed by atoms with van der Waals surface area (Å²) in [7, 11) is 0. The smallest absolute Gasteiger partial charge is 0.187 e. The van der Waals surface area contributed by atoms with Gasteiger partial charge in [-0.15, -0.1) is 0 Å². The van der Waals surface area contributed by atoms with Crippen molar-refractivity contribution >= 4 is 11.8 Å². The van der Waals surface area contributed by atoms with Crippen LogP contribution in [-0.2, 0) is 0 Å². The number of thioether (sulfide) groups is 1. The Bertz CT molecular complexity index is 407. The highest BCUT2D eigenvalue weighted by Crippen LogP contribution is 2.46. The molecule has 1 aliphatic rings. The number of hydrogen-bond donors (Lipinski definition) is 1. The molecule has 0 aliphatic heterocycles. The average Bonchev–Trinajstić information content (AvgIpc) is 2.48. The molecule has 1 fully saturated rings. The number of nitrogens with two attached hydrogens (primary N) is 1. The minimum absolute atomic E-state index is 0.427. The summed E-state index contributed by atoms with van der Waals surface area (Å²) in [6.07, 6.45) is 8.69. The van der Waals surface area contributed by atoms with Gasteiger partial charge in [0.25, 0.3) is 0 Å². The van der Waals surface area contributed by atoms with Crippen LogP contribution in [0.1, 0.15) is 46.5 Å². The van der Waals surface area contributed by atoms with Crippen molar-refractivity contribution in [2.24, 2.45) is 23.0 Å². The lowest BCUT2D eigenvalue weighted by Crippen LogP contribution is -2.37. The Morgan fingerprint density at radius 2 is 2.00 bits per heavy atom. The first-order valence-corrected chi connectivity index (χ1v) is 8.58. The Morgan fingerprint density at radius 3 is 2.60 bits per heavy atom. The Labute approximate surface area is 127 Å². The minimum Gasteiger partial charge on any atom is -0.330 e. The second-order valence-electron chi connectivity index (χ2n) is 6.54. The molecule has 1 aromatic heterocycles. The molecule has 0 saturated heterocycles. The monoisotopic (exact) mass is 293 g/mol. The fraction of sp³-hybridized carbons (Fsp3) is 0.750. The molecule has 0 bridgehead atoms. The van der Waals surface area contributed by atoms with Crippen LogP contribution in [0.15, 0.2) is 23.6 Å². The summed E-state index contributed by atoms with van der Waals surface area (Å²) in [6.45, 7) is 7.89. The van der Waals surface area contributed by atoms with Gasteiger partial charge in [-0.05, 0) is 49.1 Å². The molecule has 1 heterocycles. The van der Waals surface area contributed by atoms with E-state index in [1.54, 1.807) is 0 Å². The molecule has 3 unspecified atom stereocenters. The highest BCUT2D eigenvalue weighted by Gasteiger charge is 2.37. The summed E-state index contributed by atoms with van der Waals surface area (Å²) >= 11 is 1.83. The lowest BCUT2D eigenvalue weighted by Gasteiger charge is -2.42. The second-order valence-corrected chi connectivity index (χ2v) is 7.74. The molecule has 2 rings (SSSR count). The Morgan fingerprint density at radius 1 is 1.30 bits per heavy atom. The lowest BCUT2D eigenvalue weighted by molar-refractivity contribution is 0.134. The topological polar surface area (TPSA) is 51.8 Å². The van der Waals surface area contributed by atoms with Gasteiger partial charge < -0.3 is 5.73 Å². The number of hydrogen-bond acceptors (Lipinski definition) is 4. The van der Waals surface area contributed by atoms with Gasteiger partial charge in [-0.2, -0.15) is 0 Å². The SMILES string of the molecule is CCC(C)(C)C1CCC(CN)C(Sc2ncccn2)C1. The quantitative estimate of drug-likeness (QED) is 0.840. The van der Waals surface area contributed by atoms with Gasteiger partial charge >= 0.3 is 0 Å². The highest BCUT2D eigenvalue weighted by molar-refractivity contribution is 7.99. The second kappa shape index (κ2) is 6.90. The Kier molecular flexibility index (Phi) is 5.44. The van der Waals surface area contributed by atoms with Gasteiger partial charge in [-0.3, -0.25) is 0 Å². The molecular formula is C16H27N3S. The molecule has 1 aliphatic carbocycles. The van der Waals surface area contributed by atoms with E-state index in [0.29, 0.717) is 16.6 Å². The summed E-state index contributed by atoms with van der Waals surface area (Å²) in [5.74, 6) is 1.39. The normalized spacial score (nSPS) is 27.5. The Balaban J connectivity index is 2.07. The third-order valence-electron chi connectivity index (χ3n) is 5.05. The third-order valence-corrected chi connectivity index (χ3v) is 6.35. The van der Waals surface area contributed by atoms with Gasteiger partial charge in [0.2, 0.25) is 0 Å². The summed E-state index contributed by atoms with van der Waals surface area (Å²) < 4.78 is 0. The lowest BCUT2D eigenvalue weighted by atomic mass is 9.67. The molecule has 1 saturated carbocycles. The van der Waals surface area contributed by atoms with Crippen LogP contribution in [0, 0.1) is 17.3 Å².